The number of imidazole rings is 1. The number of nitrogens with zero attached hydrogens (tertiary/aromatic N) is 4. The lowest BCUT2D eigenvalue weighted by Gasteiger charge is -2.29. The van der Waals surface area contributed by atoms with Gasteiger partial charge in [0.2, 0.25) is 17.8 Å². The Hall–Kier alpha value is -2.69. The molecule has 3 aromatic rings. The molecule has 0 bridgehead atoms. The fraction of sp³-hybridized carbons (Fsp3) is 0.455. The molecule has 1 saturated carbocycles. The Balaban J connectivity index is 1.76. The molecule has 2 heterocycles. The molecule has 1 aromatic carbocycles. The number of anilines is 3. The summed E-state index contributed by atoms with van der Waals surface area (Å²) in [6.07, 6.45) is 4.98. The number of hydrogen-bond acceptors (Lipinski definition) is 7. The van der Waals surface area contributed by atoms with E-state index in [1.807, 2.05) is 11.5 Å². The maximum absolute atomic E-state index is 13.7. The van der Waals surface area contributed by atoms with Crippen molar-refractivity contribution in [1.29, 1.82) is 0 Å². The summed E-state index contributed by atoms with van der Waals surface area (Å²) in [7, 11) is 0. The van der Waals surface area contributed by atoms with E-state index >= 15 is 0 Å². The largest absolute Gasteiger partial charge is 0.394 e. The average Bonchev–Trinajstić information content (AvgIpc) is 3.17. The number of nitrogens with one attached hydrogen (secondary N) is 2. The highest BCUT2D eigenvalue weighted by Crippen LogP contribution is 2.39. The number of halogens is 3. The average molecular weight is 510 g/mol. The summed E-state index contributed by atoms with van der Waals surface area (Å²) in [5.74, 6) is -0.209. The van der Waals surface area contributed by atoms with Gasteiger partial charge in [-0.3, -0.25) is 9.36 Å². The molecule has 1 atom stereocenters. The molecule has 182 valence electrons. The zero-order valence-electron chi connectivity index (χ0n) is 18.6. The van der Waals surface area contributed by atoms with Gasteiger partial charge in [-0.15, -0.1) is 0 Å². The number of primary amides is 1. The Kier molecular flexibility index (Phi) is 7.39. The van der Waals surface area contributed by atoms with Crippen molar-refractivity contribution in [3.63, 3.8) is 0 Å². The zero-order chi connectivity index (χ0) is 24.4. The van der Waals surface area contributed by atoms with Crippen LogP contribution in [0.3, 0.4) is 0 Å². The molecule has 5 N–H and O–H groups in total. The van der Waals surface area contributed by atoms with Crippen LogP contribution >= 0.6 is 23.2 Å². The molecule has 0 radical (unpaired) electrons. The number of benzene rings is 1. The minimum atomic E-state index is -0.547. The quantitative estimate of drug-likeness (QED) is 0.353. The van der Waals surface area contributed by atoms with Crippen molar-refractivity contribution >= 4 is 57.9 Å². The van der Waals surface area contributed by atoms with Crippen LogP contribution in [0.4, 0.5) is 22.0 Å². The summed E-state index contributed by atoms with van der Waals surface area (Å²) in [4.78, 5) is 25.3. The number of nitrogens with two attached hydrogens (primary N) is 1. The minimum Gasteiger partial charge on any atom is -0.394 e. The normalized spacial score (nSPS) is 19.2. The lowest BCUT2D eigenvalue weighted by atomic mass is 9.85. The molecule has 2 aromatic heterocycles. The Labute approximate surface area is 205 Å². The van der Waals surface area contributed by atoms with Crippen LogP contribution in [0.15, 0.2) is 18.3 Å². The van der Waals surface area contributed by atoms with Gasteiger partial charge in [0, 0.05) is 12.0 Å². The van der Waals surface area contributed by atoms with Gasteiger partial charge in [0.25, 0.3) is 0 Å². The van der Waals surface area contributed by atoms with Crippen LogP contribution in [0, 0.1) is 11.7 Å². The predicted molar refractivity (Wildman–Crippen MR) is 130 cm³/mol. The molecule has 0 aliphatic heterocycles. The Morgan fingerprint density at radius 2 is 1.94 bits per heavy atom. The van der Waals surface area contributed by atoms with E-state index in [4.69, 9.17) is 28.9 Å². The number of carbonyl (C=O) groups excluding carboxylic acids is 1. The van der Waals surface area contributed by atoms with Crippen LogP contribution in [0.25, 0.3) is 11.2 Å². The van der Waals surface area contributed by atoms with Gasteiger partial charge in [0.05, 0.1) is 34.6 Å². The summed E-state index contributed by atoms with van der Waals surface area (Å²) in [5, 5.41) is 16.0. The SMILES string of the molecule is CCC(CO)Nc1ncc2nc(Nc3c(Cl)cc(F)cc3Cl)n(C3CCC(C(N)=O)CC3)c2n1. The second-order valence-electron chi connectivity index (χ2n) is 8.42. The second-order valence-corrected chi connectivity index (χ2v) is 9.23. The van der Waals surface area contributed by atoms with Crippen molar-refractivity contribution in [3.05, 3.63) is 34.2 Å². The van der Waals surface area contributed by atoms with Crippen molar-refractivity contribution in [2.45, 2.75) is 51.1 Å². The third-order valence-electron chi connectivity index (χ3n) is 6.19. The first-order valence-electron chi connectivity index (χ1n) is 11.1. The second kappa shape index (κ2) is 10.3. The first-order chi connectivity index (χ1) is 16.3. The molecule has 1 aliphatic rings. The Bertz CT molecular complexity index is 1170. The molecule has 1 amide bonds. The number of amides is 1. The molecule has 9 nitrogen and oxygen atoms in total. The summed E-state index contributed by atoms with van der Waals surface area (Å²) in [6, 6.07) is 2.13. The third kappa shape index (κ3) is 5.03. The van der Waals surface area contributed by atoms with Gasteiger partial charge in [-0.2, -0.15) is 4.98 Å². The van der Waals surface area contributed by atoms with Crippen LogP contribution in [0.1, 0.15) is 45.1 Å². The van der Waals surface area contributed by atoms with E-state index in [2.05, 4.69) is 25.6 Å². The van der Waals surface area contributed by atoms with Crippen LogP contribution in [-0.4, -0.2) is 43.2 Å². The molecule has 1 fully saturated rings. The lowest BCUT2D eigenvalue weighted by Crippen LogP contribution is -2.29. The monoisotopic (exact) mass is 509 g/mol. The van der Waals surface area contributed by atoms with E-state index in [0.717, 1.165) is 0 Å². The fourth-order valence-electron chi connectivity index (χ4n) is 4.25. The molecular weight excluding hydrogens is 484 g/mol. The summed E-state index contributed by atoms with van der Waals surface area (Å²) < 4.78 is 15.6. The van der Waals surface area contributed by atoms with Gasteiger partial charge < -0.3 is 21.5 Å². The molecule has 34 heavy (non-hydrogen) atoms. The summed E-state index contributed by atoms with van der Waals surface area (Å²) in [6.45, 7) is 1.90. The van der Waals surface area contributed by atoms with E-state index in [1.54, 1.807) is 6.20 Å². The number of aromatic nitrogens is 4. The van der Waals surface area contributed by atoms with Crippen molar-refractivity contribution in [2.24, 2.45) is 11.7 Å². The van der Waals surface area contributed by atoms with Gasteiger partial charge in [-0.25, -0.2) is 14.4 Å². The van der Waals surface area contributed by atoms with Gasteiger partial charge >= 0.3 is 0 Å². The maximum atomic E-state index is 13.7. The number of aliphatic hydroxyl groups is 1. The molecule has 0 spiro atoms. The molecule has 1 aliphatic carbocycles. The molecule has 4 rings (SSSR count). The lowest BCUT2D eigenvalue weighted by molar-refractivity contribution is -0.122. The predicted octanol–water partition coefficient (Wildman–Crippen LogP) is 4.42. The fourth-order valence-corrected chi connectivity index (χ4v) is 4.80. The van der Waals surface area contributed by atoms with Crippen LogP contribution in [0.2, 0.25) is 10.0 Å². The Morgan fingerprint density at radius 3 is 2.53 bits per heavy atom. The van der Waals surface area contributed by atoms with Gasteiger partial charge in [-0.1, -0.05) is 30.1 Å². The van der Waals surface area contributed by atoms with Crippen molar-refractivity contribution in [2.75, 3.05) is 17.2 Å². The van der Waals surface area contributed by atoms with Crippen LogP contribution < -0.4 is 16.4 Å². The zero-order valence-corrected chi connectivity index (χ0v) is 20.1. The minimum absolute atomic E-state index is 0.0244. The number of hydrogen-bond donors (Lipinski definition) is 4. The molecule has 1 unspecified atom stereocenters. The van der Waals surface area contributed by atoms with E-state index in [9.17, 15) is 14.3 Å². The topological polar surface area (TPSA) is 131 Å². The molecule has 0 saturated heterocycles. The first-order valence-corrected chi connectivity index (χ1v) is 11.9. The smallest absolute Gasteiger partial charge is 0.225 e. The van der Waals surface area contributed by atoms with E-state index in [0.29, 0.717) is 60.9 Å². The van der Waals surface area contributed by atoms with Gasteiger partial charge in [0.15, 0.2) is 5.65 Å². The van der Waals surface area contributed by atoms with Crippen molar-refractivity contribution in [3.8, 4) is 0 Å². The standard InChI is InChI=1S/C22H26Cl2FN7O2/c1-2-13(10-33)28-21-27-9-17-20(31-21)32(14-5-3-11(4-6-14)19(26)34)22(29-17)30-18-15(23)7-12(25)8-16(18)24/h7-9,11,13-14,33H,2-6,10H2,1H3,(H2,26,34)(H,29,30)(H,27,28,31). The highest BCUT2D eigenvalue weighted by atomic mass is 35.5. The van der Waals surface area contributed by atoms with E-state index < -0.39 is 5.82 Å². The summed E-state index contributed by atoms with van der Waals surface area (Å²) >= 11 is 12.5. The van der Waals surface area contributed by atoms with Crippen molar-refractivity contribution < 1.29 is 14.3 Å². The summed E-state index contributed by atoms with van der Waals surface area (Å²) in [5.41, 5.74) is 6.95. The number of carbonyl (C=O) groups is 1. The van der Waals surface area contributed by atoms with E-state index in [1.165, 1.54) is 12.1 Å². The number of aliphatic hydroxyl groups excluding tert-OH is 1. The third-order valence-corrected chi connectivity index (χ3v) is 6.78. The van der Waals surface area contributed by atoms with Gasteiger partial charge in [-0.05, 0) is 44.2 Å². The van der Waals surface area contributed by atoms with Crippen molar-refractivity contribution in [1.82, 2.24) is 19.5 Å². The van der Waals surface area contributed by atoms with Crippen LogP contribution in [-0.2, 0) is 4.79 Å². The van der Waals surface area contributed by atoms with Crippen LogP contribution in [0.5, 0.6) is 0 Å². The molecule has 12 heteroatoms. The maximum Gasteiger partial charge on any atom is 0.225 e. The van der Waals surface area contributed by atoms with E-state index in [-0.39, 0.29) is 40.6 Å². The number of rotatable bonds is 8. The Morgan fingerprint density at radius 1 is 1.26 bits per heavy atom. The first kappa shape index (κ1) is 24.4. The highest BCUT2D eigenvalue weighted by molar-refractivity contribution is 6.39. The molecular formula is C22H26Cl2FN7O2. The highest BCUT2D eigenvalue weighted by Gasteiger charge is 2.29. The van der Waals surface area contributed by atoms with Gasteiger partial charge in [0.1, 0.15) is 11.3 Å². The number of fused-ring (bicyclic) bond motifs is 1.